The van der Waals surface area contributed by atoms with E-state index in [-0.39, 0.29) is 17.4 Å². The Bertz CT molecular complexity index is 1040. The minimum Gasteiger partial charge on any atom is -0.493 e. The van der Waals surface area contributed by atoms with Gasteiger partial charge in [0.2, 0.25) is 5.82 Å². The van der Waals surface area contributed by atoms with Crippen molar-refractivity contribution in [3.63, 3.8) is 0 Å². The van der Waals surface area contributed by atoms with Gasteiger partial charge in [0.1, 0.15) is 12.1 Å². The van der Waals surface area contributed by atoms with Gasteiger partial charge in [0.05, 0.1) is 19.1 Å². The van der Waals surface area contributed by atoms with Crippen molar-refractivity contribution < 1.29 is 19.1 Å². The van der Waals surface area contributed by atoms with Gasteiger partial charge in [0.15, 0.2) is 11.5 Å². The van der Waals surface area contributed by atoms with Crippen molar-refractivity contribution in [3.05, 3.63) is 70.0 Å². The third-order valence-electron chi connectivity index (χ3n) is 4.67. The lowest BCUT2D eigenvalue weighted by atomic mass is 10.1. The highest BCUT2D eigenvalue weighted by atomic mass is 16.6. The molecule has 0 amide bonds. The zero-order chi connectivity index (χ0) is 22.2. The number of hydrogen-bond acceptors (Lipinski definition) is 8. The number of rotatable bonds is 10. The fourth-order valence-electron chi connectivity index (χ4n) is 3.00. The average Bonchev–Trinajstić information content (AvgIpc) is 2.79. The van der Waals surface area contributed by atoms with Crippen molar-refractivity contribution in [1.82, 2.24) is 9.97 Å². The van der Waals surface area contributed by atoms with Crippen molar-refractivity contribution in [2.24, 2.45) is 0 Å². The van der Waals surface area contributed by atoms with E-state index < -0.39 is 4.92 Å². The van der Waals surface area contributed by atoms with Gasteiger partial charge in [-0.15, -0.1) is 0 Å². The van der Waals surface area contributed by atoms with Crippen molar-refractivity contribution in [3.8, 4) is 23.1 Å². The summed E-state index contributed by atoms with van der Waals surface area (Å²) in [5.41, 5.74) is 1.81. The van der Waals surface area contributed by atoms with Gasteiger partial charge in [-0.25, -0.2) is 4.98 Å². The van der Waals surface area contributed by atoms with Gasteiger partial charge in [-0.1, -0.05) is 25.1 Å². The first-order valence-electron chi connectivity index (χ1n) is 9.76. The quantitative estimate of drug-likeness (QED) is 0.376. The Hall–Kier alpha value is -3.88. The first-order valence-corrected chi connectivity index (χ1v) is 9.76. The third kappa shape index (κ3) is 5.39. The fourth-order valence-corrected chi connectivity index (χ4v) is 3.00. The molecule has 0 aliphatic rings. The summed E-state index contributed by atoms with van der Waals surface area (Å²) in [4.78, 5) is 19.1. The van der Waals surface area contributed by atoms with Crippen LogP contribution in [0.5, 0.6) is 23.1 Å². The minimum absolute atomic E-state index is 0.0978. The molecule has 31 heavy (non-hydrogen) atoms. The smallest absolute Gasteiger partial charge is 0.373 e. The van der Waals surface area contributed by atoms with Crippen LogP contribution in [0, 0.1) is 10.1 Å². The first-order chi connectivity index (χ1) is 15.0. The number of methoxy groups -OCH3 is 2. The summed E-state index contributed by atoms with van der Waals surface area (Å²) in [6, 6.07) is 12.9. The Labute approximate surface area is 180 Å². The second-order valence-corrected chi connectivity index (χ2v) is 6.60. The predicted octanol–water partition coefficient (Wildman–Crippen LogP) is 4.41. The van der Waals surface area contributed by atoms with Crippen LogP contribution in [-0.2, 0) is 12.8 Å². The molecule has 0 saturated carbocycles. The second-order valence-electron chi connectivity index (χ2n) is 6.60. The summed E-state index contributed by atoms with van der Waals surface area (Å²) in [6.07, 6.45) is 2.72. The molecule has 0 bridgehead atoms. The standard InChI is InChI=1S/C22H24N4O5/c1-4-15-5-8-17(9-6-15)31-22-20(26(27)28)21(24-14-25-22)23-12-11-16-7-10-18(29-2)19(13-16)30-3/h5-10,13-14H,4,11-12H2,1-3H3,(H,23,24,25). The normalized spacial score (nSPS) is 10.4. The van der Waals surface area contributed by atoms with Crippen LogP contribution in [-0.4, -0.2) is 35.7 Å². The fraction of sp³-hybridized carbons (Fsp3) is 0.273. The lowest BCUT2D eigenvalue weighted by Crippen LogP contribution is -2.10. The molecule has 1 aromatic heterocycles. The SMILES string of the molecule is CCc1ccc(Oc2ncnc(NCCc3ccc(OC)c(OC)c3)c2[N+](=O)[O-])cc1. The van der Waals surface area contributed by atoms with Crippen molar-refractivity contribution >= 4 is 11.5 Å². The molecule has 3 rings (SSSR count). The summed E-state index contributed by atoms with van der Waals surface area (Å²) in [7, 11) is 3.15. The lowest BCUT2D eigenvalue weighted by Gasteiger charge is -2.11. The molecule has 0 aliphatic heterocycles. The summed E-state index contributed by atoms with van der Waals surface area (Å²) in [5.74, 6) is 1.71. The number of hydrogen-bond donors (Lipinski definition) is 1. The molecule has 1 N–H and O–H groups in total. The average molecular weight is 424 g/mol. The maximum absolute atomic E-state index is 11.7. The van der Waals surface area contributed by atoms with Crippen LogP contribution in [0.25, 0.3) is 0 Å². The number of nitro groups is 1. The van der Waals surface area contributed by atoms with Gasteiger partial charge in [0, 0.05) is 6.54 Å². The number of benzene rings is 2. The number of nitrogens with one attached hydrogen (secondary N) is 1. The van der Waals surface area contributed by atoms with Crippen LogP contribution in [0.3, 0.4) is 0 Å². The Kier molecular flexibility index (Phi) is 7.21. The van der Waals surface area contributed by atoms with E-state index in [0.29, 0.717) is 30.2 Å². The summed E-state index contributed by atoms with van der Waals surface area (Å²) < 4.78 is 16.2. The van der Waals surface area contributed by atoms with E-state index >= 15 is 0 Å². The van der Waals surface area contributed by atoms with Crippen LogP contribution >= 0.6 is 0 Å². The molecule has 2 aromatic carbocycles. The van der Waals surface area contributed by atoms with Gasteiger partial charge in [-0.05, 0) is 48.2 Å². The van der Waals surface area contributed by atoms with E-state index in [9.17, 15) is 10.1 Å². The van der Waals surface area contributed by atoms with Crippen LogP contribution in [0.1, 0.15) is 18.1 Å². The third-order valence-corrected chi connectivity index (χ3v) is 4.67. The molecular formula is C22H24N4O5. The Morgan fingerprint density at radius 1 is 1.00 bits per heavy atom. The van der Waals surface area contributed by atoms with Gasteiger partial charge in [-0.3, -0.25) is 10.1 Å². The van der Waals surface area contributed by atoms with E-state index in [1.165, 1.54) is 6.33 Å². The lowest BCUT2D eigenvalue weighted by molar-refractivity contribution is -0.385. The highest BCUT2D eigenvalue weighted by Crippen LogP contribution is 2.34. The van der Waals surface area contributed by atoms with Crippen LogP contribution < -0.4 is 19.5 Å². The number of aryl methyl sites for hydroxylation is 1. The zero-order valence-corrected chi connectivity index (χ0v) is 17.6. The molecule has 1 heterocycles. The topological polar surface area (TPSA) is 109 Å². The number of aromatic nitrogens is 2. The minimum atomic E-state index is -0.547. The monoisotopic (exact) mass is 424 g/mol. The van der Waals surface area contributed by atoms with Crippen LogP contribution in [0.2, 0.25) is 0 Å². The van der Waals surface area contributed by atoms with Crippen molar-refractivity contribution in [2.45, 2.75) is 19.8 Å². The Morgan fingerprint density at radius 3 is 2.35 bits per heavy atom. The van der Waals surface area contributed by atoms with Crippen LogP contribution in [0.4, 0.5) is 11.5 Å². The highest BCUT2D eigenvalue weighted by Gasteiger charge is 2.25. The molecule has 0 unspecified atom stereocenters. The maximum Gasteiger partial charge on any atom is 0.373 e. The number of ether oxygens (including phenoxy) is 3. The summed E-state index contributed by atoms with van der Waals surface area (Å²) in [5, 5.41) is 14.7. The molecule has 162 valence electrons. The maximum atomic E-state index is 11.7. The molecule has 3 aromatic rings. The molecular weight excluding hydrogens is 400 g/mol. The van der Waals surface area contributed by atoms with E-state index in [0.717, 1.165) is 17.5 Å². The highest BCUT2D eigenvalue weighted by molar-refractivity contribution is 5.61. The zero-order valence-electron chi connectivity index (χ0n) is 17.6. The van der Waals surface area contributed by atoms with E-state index in [1.807, 2.05) is 37.3 Å². The largest absolute Gasteiger partial charge is 0.493 e. The molecule has 0 atom stereocenters. The molecule has 0 fully saturated rings. The van der Waals surface area contributed by atoms with Gasteiger partial charge in [0.25, 0.3) is 0 Å². The van der Waals surface area contributed by atoms with Crippen LogP contribution in [0.15, 0.2) is 48.8 Å². The van der Waals surface area contributed by atoms with Crippen molar-refractivity contribution in [1.29, 1.82) is 0 Å². The van der Waals surface area contributed by atoms with E-state index in [4.69, 9.17) is 14.2 Å². The molecule has 0 spiro atoms. The van der Waals surface area contributed by atoms with E-state index in [2.05, 4.69) is 15.3 Å². The molecule has 0 aliphatic carbocycles. The molecule has 9 heteroatoms. The summed E-state index contributed by atoms with van der Waals surface area (Å²) >= 11 is 0. The Morgan fingerprint density at radius 2 is 1.71 bits per heavy atom. The first kappa shape index (κ1) is 21.8. The Balaban J connectivity index is 1.74. The number of anilines is 1. The van der Waals surface area contributed by atoms with Gasteiger partial charge >= 0.3 is 11.6 Å². The van der Waals surface area contributed by atoms with Gasteiger partial charge < -0.3 is 19.5 Å². The molecule has 0 radical (unpaired) electrons. The summed E-state index contributed by atoms with van der Waals surface area (Å²) in [6.45, 7) is 2.46. The molecule has 0 saturated heterocycles. The second kappa shape index (κ2) is 10.2. The van der Waals surface area contributed by atoms with E-state index in [1.54, 1.807) is 26.4 Å². The number of nitrogens with zero attached hydrogens (tertiary/aromatic N) is 3. The van der Waals surface area contributed by atoms with Crippen molar-refractivity contribution in [2.75, 3.05) is 26.1 Å². The predicted molar refractivity (Wildman–Crippen MR) is 116 cm³/mol. The van der Waals surface area contributed by atoms with Gasteiger partial charge in [-0.2, -0.15) is 4.98 Å². The molecule has 9 nitrogen and oxygen atoms in total.